The summed E-state index contributed by atoms with van der Waals surface area (Å²) in [4.78, 5) is 14.2. The second kappa shape index (κ2) is 8.48. The van der Waals surface area contributed by atoms with Gasteiger partial charge in [0.15, 0.2) is 0 Å². The molecular weight excluding hydrogens is 288 g/mol. The molecule has 2 unspecified atom stereocenters. The van der Waals surface area contributed by atoms with E-state index >= 15 is 0 Å². The van der Waals surface area contributed by atoms with E-state index in [1.54, 1.807) is 18.4 Å². The molecule has 0 aromatic carbocycles. The maximum Gasteiger partial charge on any atom is 0.241 e. The van der Waals surface area contributed by atoms with Crippen molar-refractivity contribution >= 4 is 17.2 Å². The molecule has 2 rings (SSSR count). The van der Waals surface area contributed by atoms with E-state index in [1.165, 1.54) is 5.56 Å². The minimum atomic E-state index is -0.104. The Labute approximate surface area is 130 Å². The summed E-state index contributed by atoms with van der Waals surface area (Å²) in [5.74, 6) is 0.187. The highest BCUT2D eigenvalue weighted by Crippen LogP contribution is 2.27. The van der Waals surface area contributed by atoms with Crippen LogP contribution in [-0.4, -0.2) is 50.3 Å². The van der Waals surface area contributed by atoms with Crippen molar-refractivity contribution in [1.29, 1.82) is 0 Å². The summed E-state index contributed by atoms with van der Waals surface area (Å²) in [5.41, 5.74) is 1.18. The van der Waals surface area contributed by atoms with Crippen LogP contribution in [0.25, 0.3) is 0 Å². The van der Waals surface area contributed by atoms with Crippen LogP contribution in [0.5, 0.6) is 0 Å². The monoisotopic (exact) mass is 312 g/mol. The first-order valence-electron chi connectivity index (χ1n) is 7.39. The van der Waals surface area contributed by atoms with Crippen LogP contribution in [0.3, 0.4) is 0 Å². The Hall–Kier alpha value is -0.950. The number of hydrogen-bond acceptors (Lipinski definition) is 5. The van der Waals surface area contributed by atoms with Crippen molar-refractivity contribution in [3.8, 4) is 0 Å². The number of nitrogens with one attached hydrogen (secondary N) is 1. The van der Waals surface area contributed by atoms with Gasteiger partial charge in [-0.15, -0.1) is 0 Å². The van der Waals surface area contributed by atoms with Gasteiger partial charge in [-0.2, -0.15) is 11.3 Å². The van der Waals surface area contributed by atoms with Gasteiger partial charge in [0.25, 0.3) is 0 Å². The van der Waals surface area contributed by atoms with Crippen LogP contribution in [0.2, 0.25) is 0 Å². The van der Waals surface area contributed by atoms with Gasteiger partial charge in [-0.25, -0.2) is 0 Å². The van der Waals surface area contributed by atoms with Crippen LogP contribution in [0.15, 0.2) is 16.8 Å². The number of methoxy groups -OCH3 is 1. The highest BCUT2D eigenvalue weighted by Gasteiger charge is 2.36. The van der Waals surface area contributed by atoms with Crippen molar-refractivity contribution < 1.29 is 14.3 Å². The number of carbonyl (C=O) groups is 1. The molecule has 0 radical (unpaired) electrons. The average molecular weight is 312 g/mol. The minimum absolute atomic E-state index is 0.0214. The van der Waals surface area contributed by atoms with E-state index < -0.39 is 0 Å². The van der Waals surface area contributed by atoms with Crippen molar-refractivity contribution in [3.63, 3.8) is 0 Å². The molecular formula is C15H24N2O3S. The zero-order valence-corrected chi connectivity index (χ0v) is 13.5. The first-order valence-corrected chi connectivity index (χ1v) is 8.33. The Balaban J connectivity index is 1.76. The van der Waals surface area contributed by atoms with Gasteiger partial charge in [-0.3, -0.25) is 10.1 Å². The molecule has 2 heterocycles. The summed E-state index contributed by atoms with van der Waals surface area (Å²) < 4.78 is 10.4. The highest BCUT2D eigenvalue weighted by molar-refractivity contribution is 7.07. The summed E-state index contributed by atoms with van der Waals surface area (Å²) in [7, 11) is 1.67. The van der Waals surface area contributed by atoms with Gasteiger partial charge >= 0.3 is 0 Å². The lowest BCUT2D eigenvalue weighted by Crippen LogP contribution is -2.31. The van der Waals surface area contributed by atoms with E-state index in [0.29, 0.717) is 13.2 Å². The molecule has 1 aliphatic rings. The van der Waals surface area contributed by atoms with Crippen LogP contribution < -0.4 is 5.32 Å². The van der Waals surface area contributed by atoms with Gasteiger partial charge in [0, 0.05) is 20.3 Å². The van der Waals surface area contributed by atoms with Crippen LogP contribution in [0, 0.1) is 0 Å². The maximum atomic E-state index is 12.2. The van der Waals surface area contributed by atoms with E-state index in [0.717, 1.165) is 26.0 Å². The fraction of sp³-hybridized carbons (Fsp3) is 0.667. The molecule has 21 heavy (non-hydrogen) atoms. The molecule has 1 aromatic heterocycles. The molecule has 118 valence electrons. The predicted molar refractivity (Wildman–Crippen MR) is 83.3 cm³/mol. The minimum Gasteiger partial charge on any atom is -0.382 e. The van der Waals surface area contributed by atoms with Gasteiger partial charge in [-0.1, -0.05) is 0 Å². The molecule has 2 atom stereocenters. The number of amides is 1. The van der Waals surface area contributed by atoms with E-state index in [-0.39, 0.29) is 18.1 Å². The number of nitrogens with zero attached hydrogens (tertiary/aromatic N) is 1. The molecule has 1 amide bonds. The second-order valence-corrected chi connectivity index (χ2v) is 5.97. The standard InChI is InChI=1S/C15H24N2O3S/c1-12-15(18)17(6-3-4-7-20-9-8-19-2)14(16-12)13-5-10-21-11-13/h5,10-12,14,16H,3-4,6-9H2,1-2H3. The fourth-order valence-electron chi connectivity index (χ4n) is 2.45. The van der Waals surface area contributed by atoms with Crippen LogP contribution >= 0.6 is 11.3 Å². The molecule has 0 saturated carbocycles. The summed E-state index contributed by atoms with van der Waals surface area (Å²) in [6, 6.07) is 1.97. The van der Waals surface area contributed by atoms with Gasteiger partial charge < -0.3 is 14.4 Å². The van der Waals surface area contributed by atoms with E-state index in [2.05, 4.69) is 16.8 Å². The van der Waals surface area contributed by atoms with Gasteiger partial charge in [0.2, 0.25) is 5.91 Å². The van der Waals surface area contributed by atoms with Crippen LogP contribution in [-0.2, 0) is 14.3 Å². The largest absolute Gasteiger partial charge is 0.382 e. The normalized spacial score (nSPS) is 22.2. The first-order chi connectivity index (χ1) is 10.2. The SMILES string of the molecule is COCCOCCCCN1C(=O)C(C)NC1c1ccsc1. The Morgan fingerprint density at radius 3 is 2.90 bits per heavy atom. The first kappa shape index (κ1) is 16.4. The highest BCUT2D eigenvalue weighted by atomic mass is 32.1. The molecule has 1 saturated heterocycles. The summed E-state index contributed by atoms with van der Waals surface area (Å²) in [5, 5.41) is 7.51. The number of unbranched alkanes of at least 4 members (excludes halogenated alkanes) is 1. The fourth-order valence-corrected chi connectivity index (χ4v) is 3.13. The molecule has 0 aliphatic carbocycles. The third-order valence-corrected chi connectivity index (χ3v) is 4.30. The number of rotatable bonds is 9. The van der Waals surface area contributed by atoms with Crippen LogP contribution in [0.4, 0.5) is 0 Å². The molecule has 1 fully saturated rings. The number of carbonyl (C=O) groups excluding carboxylic acids is 1. The summed E-state index contributed by atoms with van der Waals surface area (Å²) >= 11 is 1.66. The molecule has 0 bridgehead atoms. The number of thiophene rings is 1. The topological polar surface area (TPSA) is 50.8 Å². The van der Waals surface area contributed by atoms with Crippen molar-refractivity contribution in [3.05, 3.63) is 22.4 Å². The maximum absolute atomic E-state index is 12.2. The average Bonchev–Trinajstić information content (AvgIpc) is 3.09. The summed E-state index contributed by atoms with van der Waals surface area (Å²) in [6.07, 6.45) is 1.93. The van der Waals surface area contributed by atoms with Crippen LogP contribution in [0.1, 0.15) is 31.5 Å². The van der Waals surface area contributed by atoms with E-state index in [1.807, 2.05) is 17.2 Å². The molecule has 6 heteroatoms. The van der Waals surface area contributed by atoms with Gasteiger partial charge in [0.05, 0.1) is 19.3 Å². The Morgan fingerprint density at radius 2 is 2.19 bits per heavy atom. The smallest absolute Gasteiger partial charge is 0.241 e. The molecule has 1 N–H and O–H groups in total. The Kier molecular flexibility index (Phi) is 6.63. The van der Waals surface area contributed by atoms with Crippen molar-refractivity contribution in [2.24, 2.45) is 0 Å². The van der Waals surface area contributed by atoms with Crippen molar-refractivity contribution in [1.82, 2.24) is 10.2 Å². The van der Waals surface area contributed by atoms with Crippen molar-refractivity contribution in [2.45, 2.75) is 32.0 Å². The molecule has 5 nitrogen and oxygen atoms in total. The zero-order valence-electron chi connectivity index (χ0n) is 12.7. The third-order valence-electron chi connectivity index (χ3n) is 3.60. The predicted octanol–water partition coefficient (Wildman–Crippen LogP) is 2.01. The zero-order chi connectivity index (χ0) is 15.1. The number of ether oxygens (including phenoxy) is 2. The summed E-state index contributed by atoms with van der Waals surface area (Å²) in [6.45, 7) is 4.68. The van der Waals surface area contributed by atoms with Gasteiger partial charge in [-0.05, 0) is 42.2 Å². The quantitative estimate of drug-likeness (QED) is 0.709. The van der Waals surface area contributed by atoms with Crippen molar-refractivity contribution in [2.75, 3.05) is 33.5 Å². The number of hydrogen-bond donors (Lipinski definition) is 1. The Bertz CT molecular complexity index is 425. The molecule has 1 aliphatic heterocycles. The van der Waals surface area contributed by atoms with E-state index in [9.17, 15) is 4.79 Å². The second-order valence-electron chi connectivity index (χ2n) is 5.19. The lowest BCUT2D eigenvalue weighted by molar-refractivity contribution is -0.129. The lowest BCUT2D eigenvalue weighted by Gasteiger charge is -2.23. The Morgan fingerprint density at radius 1 is 1.33 bits per heavy atom. The molecule has 1 aromatic rings. The third kappa shape index (κ3) is 4.51. The van der Waals surface area contributed by atoms with E-state index in [4.69, 9.17) is 9.47 Å². The molecule has 0 spiro atoms. The lowest BCUT2D eigenvalue weighted by atomic mass is 10.2. The van der Waals surface area contributed by atoms with Gasteiger partial charge in [0.1, 0.15) is 6.17 Å².